The summed E-state index contributed by atoms with van der Waals surface area (Å²) in [5.41, 5.74) is -5.78. The Morgan fingerprint density at radius 3 is 2.54 bits per heavy atom. The van der Waals surface area contributed by atoms with Crippen LogP contribution in [0.15, 0.2) is 24.4 Å². The van der Waals surface area contributed by atoms with Crippen molar-refractivity contribution in [3.05, 3.63) is 52.6 Å². The lowest BCUT2D eigenvalue weighted by molar-refractivity contribution is -0.0530. The highest BCUT2D eigenvalue weighted by atomic mass is 32.2. The number of benzene rings is 1. The van der Waals surface area contributed by atoms with E-state index < -0.39 is 57.6 Å². The van der Waals surface area contributed by atoms with Crippen molar-refractivity contribution in [1.29, 1.82) is 0 Å². The molecular weight excluding hydrogens is 510 g/mol. The van der Waals surface area contributed by atoms with Gasteiger partial charge in [0.1, 0.15) is 0 Å². The first kappa shape index (κ1) is 23.2. The van der Waals surface area contributed by atoms with E-state index >= 15 is 0 Å². The molecule has 0 saturated carbocycles. The van der Waals surface area contributed by atoms with Crippen molar-refractivity contribution in [2.24, 2.45) is 0 Å². The largest absolute Gasteiger partial charge is 0.534 e. The van der Waals surface area contributed by atoms with Gasteiger partial charge in [-0.15, -0.1) is 0 Å². The summed E-state index contributed by atoms with van der Waals surface area (Å²) in [7, 11) is -4.60. The van der Waals surface area contributed by atoms with Crippen molar-refractivity contribution in [3.8, 4) is 11.6 Å². The Bertz CT molecular complexity index is 1490. The Labute approximate surface area is 192 Å². The van der Waals surface area contributed by atoms with Crippen LogP contribution < -0.4 is 8.92 Å². The molecule has 2 atom stereocenters. The molecule has 3 aromatic rings. The van der Waals surface area contributed by atoms with E-state index in [1.807, 2.05) is 0 Å². The maximum absolute atomic E-state index is 14.6. The summed E-state index contributed by atoms with van der Waals surface area (Å²) in [6, 6.07) is 2.04. The molecule has 0 spiro atoms. The van der Waals surface area contributed by atoms with E-state index in [-0.39, 0.29) is 34.5 Å². The van der Waals surface area contributed by atoms with Crippen LogP contribution in [0.3, 0.4) is 0 Å². The zero-order valence-electron chi connectivity index (χ0n) is 17.3. The van der Waals surface area contributed by atoms with Gasteiger partial charge >= 0.3 is 22.2 Å². The highest BCUT2D eigenvalue weighted by Gasteiger charge is 2.50. The average Bonchev–Trinajstić information content (AvgIpc) is 3.27. The van der Waals surface area contributed by atoms with E-state index in [2.05, 4.69) is 19.0 Å². The van der Waals surface area contributed by atoms with Gasteiger partial charge < -0.3 is 13.8 Å². The third kappa shape index (κ3) is 3.45. The molecule has 1 amide bonds. The van der Waals surface area contributed by atoms with E-state index in [1.54, 1.807) is 0 Å². The number of halogens is 6. The van der Waals surface area contributed by atoms with Gasteiger partial charge in [-0.1, -0.05) is 0 Å². The fraction of sp³-hybridized carbons (Fsp3) is 0.316. The number of carbonyl (C=O) groups excluding carboxylic acids is 1. The maximum atomic E-state index is 14.6. The third-order valence-corrected chi connectivity index (χ3v) is 6.80. The number of rotatable bonds is 4. The maximum Gasteiger partial charge on any atom is 0.534 e. The molecule has 9 nitrogen and oxygen atoms in total. The zero-order valence-corrected chi connectivity index (χ0v) is 18.1. The molecule has 1 aliphatic heterocycles. The molecule has 1 aliphatic carbocycles. The van der Waals surface area contributed by atoms with Crippen LogP contribution in [-0.4, -0.2) is 53.0 Å². The standard InChI is InChI=1S/C19H12F6N4O5S/c1-28-10-6-8(12-7(17(28)30)2-3-9(20)15(12)33-18(21)22)13-14(10)27-29-5-4-11(26-16(13)29)34-35(31,32)19(23,24)25/h2-5,8,10,18H,6H2,1H3. The summed E-state index contributed by atoms with van der Waals surface area (Å²) in [5.74, 6) is -4.53. The number of aromatic nitrogens is 3. The van der Waals surface area contributed by atoms with Gasteiger partial charge in [0.2, 0.25) is 5.88 Å². The van der Waals surface area contributed by atoms with Crippen LogP contribution in [-0.2, 0) is 10.1 Å². The van der Waals surface area contributed by atoms with E-state index in [0.717, 1.165) is 28.9 Å². The Morgan fingerprint density at radius 2 is 1.89 bits per heavy atom. The predicted octanol–water partition coefficient (Wildman–Crippen LogP) is 3.36. The van der Waals surface area contributed by atoms with Gasteiger partial charge in [-0.3, -0.25) is 4.79 Å². The van der Waals surface area contributed by atoms with E-state index in [1.165, 1.54) is 11.9 Å². The van der Waals surface area contributed by atoms with Crippen molar-refractivity contribution in [2.45, 2.75) is 30.5 Å². The SMILES string of the molecule is CN1C(=O)c2ccc(F)c(OC(F)F)c2C2CC1c1nn3ccc(OS(=O)(=O)C(F)(F)F)nc3c12. The smallest absolute Gasteiger partial charge is 0.431 e. The second kappa shape index (κ2) is 7.47. The van der Waals surface area contributed by atoms with E-state index in [4.69, 9.17) is 0 Å². The molecule has 2 aliphatic rings. The van der Waals surface area contributed by atoms with Gasteiger partial charge in [0.25, 0.3) is 5.91 Å². The number of fused-ring (bicyclic) bond motifs is 9. The number of nitrogens with zero attached hydrogens (tertiary/aromatic N) is 4. The lowest BCUT2D eigenvalue weighted by atomic mass is 9.89. The first-order chi connectivity index (χ1) is 16.3. The van der Waals surface area contributed by atoms with Crippen molar-refractivity contribution in [2.75, 3.05) is 7.05 Å². The van der Waals surface area contributed by atoms with Gasteiger partial charge in [0, 0.05) is 41.9 Å². The minimum atomic E-state index is -6.03. The summed E-state index contributed by atoms with van der Waals surface area (Å²) in [4.78, 5) is 18.1. The van der Waals surface area contributed by atoms with Crippen LogP contribution in [0, 0.1) is 5.82 Å². The molecule has 2 unspecified atom stereocenters. The number of ether oxygens (including phenoxy) is 1. The van der Waals surface area contributed by atoms with Crippen LogP contribution in [0.1, 0.15) is 45.6 Å². The molecule has 0 radical (unpaired) electrons. The zero-order chi connectivity index (χ0) is 25.4. The quantitative estimate of drug-likeness (QED) is 0.294. The summed E-state index contributed by atoms with van der Waals surface area (Å²) in [5, 5.41) is 4.29. The Balaban J connectivity index is 1.73. The first-order valence-corrected chi connectivity index (χ1v) is 11.1. The van der Waals surface area contributed by atoms with Crippen LogP contribution in [0.5, 0.6) is 11.6 Å². The molecule has 2 aromatic heterocycles. The lowest BCUT2D eigenvalue weighted by Crippen LogP contribution is -2.30. The molecule has 1 aromatic carbocycles. The normalized spacial score (nSPS) is 19.7. The van der Waals surface area contributed by atoms with Crippen molar-refractivity contribution in [1.82, 2.24) is 19.5 Å². The van der Waals surface area contributed by atoms with Crippen molar-refractivity contribution in [3.63, 3.8) is 0 Å². The van der Waals surface area contributed by atoms with E-state index in [9.17, 15) is 39.6 Å². The van der Waals surface area contributed by atoms with Gasteiger partial charge in [-0.25, -0.2) is 8.91 Å². The average molecular weight is 522 g/mol. The molecule has 35 heavy (non-hydrogen) atoms. The van der Waals surface area contributed by atoms with Crippen LogP contribution in [0.4, 0.5) is 26.3 Å². The predicted molar refractivity (Wildman–Crippen MR) is 103 cm³/mol. The van der Waals surface area contributed by atoms with E-state index in [0.29, 0.717) is 0 Å². The van der Waals surface area contributed by atoms with Gasteiger partial charge in [-0.05, 0) is 18.6 Å². The van der Waals surface area contributed by atoms with Crippen molar-refractivity contribution >= 4 is 21.7 Å². The highest BCUT2D eigenvalue weighted by molar-refractivity contribution is 7.87. The monoisotopic (exact) mass is 522 g/mol. The highest BCUT2D eigenvalue weighted by Crippen LogP contribution is 2.53. The molecule has 0 fully saturated rings. The van der Waals surface area contributed by atoms with Gasteiger partial charge in [-0.2, -0.15) is 40.5 Å². The summed E-state index contributed by atoms with van der Waals surface area (Å²) >= 11 is 0. The number of hydrogen-bond acceptors (Lipinski definition) is 7. The third-order valence-electron chi connectivity index (χ3n) is 5.85. The molecule has 3 heterocycles. The second-order valence-corrected chi connectivity index (χ2v) is 9.29. The van der Waals surface area contributed by atoms with Gasteiger partial charge in [0.15, 0.2) is 17.2 Å². The fourth-order valence-corrected chi connectivity index (χ4v) is 4.85. The Kier molecular flexibility index (Phi) is 4.95. The Hall–Kier alpha value is -3.56. The molecule has 5 rings (SSSR count). The molecule has 2 bridgehead atoms. The fourth-order valence-electron chi connectivity index (χ4n) is 4.44. The number of hydrogen-bond donors (Lipinski definition) is 0. The van der Waals surface area contributed by atoms with Crippen LogP contribution >= 0.6 is 0 Å². The minimum Gasteiger partial charge on any atom is -0.431 e. The summed E-state index contributed by atoms with van der Waals surface area (Å²) in [6.45, 7) is -3.42. The second-order valence-electron chi connectivity index (χ2n) is 7.75. The molecular formula is C19H12F6N4O5S. The molecule has 0 N–H and O–H groups in total. The number of alkyl halides is 5. The topological polar surface area (TPSA) is 103 Å². The van der Waals surface area contributed by atoms with Crippen LogP contribution in [0.25, 0.3) is 5.65 Å². The summed E-state index contributed by atoms with van der Waals surface area (Å²) in [6.07, 6.45) is 1.14. The number of carbonyl (C=O) groups is 1. The summed E-state index contributed by atoms with van der Waals surface area (Å²) < 4.78 is 111. The first-order valence-electron chi connectivity index (χ1n) is 9.74. The Morgan fingerprint density at radius 1 is 1.17 bits per heavy atom. The van der Waals surface area contributed by atoms with Crippen molar-refractivity contribution < 1.29 is 48.5 Å². The van der Waals surface area contributed by atoms with Gasteiger partial charge in [0.05, 0.1) is 11.7 Å². The number of amides is 1. The lowest BCUT2D eigenvalue weighted by Gasteiger charge is -2.23. The molecule has 186 valence electrons. The molecule has 0 saturated heterocycles. The van der Waals surface area contributed by atoms with Crippen LogP contribution in [0.2, 0.25) is 0 Å². The minimum absolute atomic E-state index is 0.0556. The molecule has 16 heteroatoms.